The van der Waals surface area contributed by atoms with Gasteiger partial charge < -0.3 is 19.4 Å². The Hall–Kier alpha value is -2.94. The maximum absolute atomic E-state index is 12.2. The highest BCUT2D eigenvalue weighted by Crippen LogP contribution is 2.25. The minimum absolute atomic E-state index is 0.0545. The molecule has 26 heavy (non-hydrogen) atoms. The van der Waals surface area contributed by atoms with E-state index in [0.717, 1.165) is 15.2 Å². The van der Waals surface area contributed by atoms with E-state index in [2.05, 4.69) is 15.3 Å². The van der Waals surface area contributed by atoms with Crippen LogP contribution < -0.4 is 10.1 Å². The molecule has 3 rings (SSSR count). The lowest BCUT2D eigenvalue weighted by atomic mass is 10.3. The van der Waals surface area contributed by atoms with E-state index in [-0.39, 0.29) is 30.6 Å². The molecular weight excluding hydrogens is 356 g/mol. The van der Waals surface area contributed by atoms with E-state index in [1.807, 2.05) is 25.1 Å². The van der Waals surface area contributed by atoms with Crippen LogP contribution in [0.4, 0.5) is 0 Å². The van der Waals surface area contributed by atoms with Crippen LogP contribution in [0.5, 0.6) is 5.75 Å². The third-order valence-corrected chi connectivity index (χ3v) is 4.56. The highest BCUT2D eigenvalue weighted by atomic mass is 32.1. The number of aryl methyl sites for hydroxylation is 1. The Bertz CT molecular complexity index is 949. The van der Waals surface area contributed by atoms with Gasteiger partial charge in [0.25, 0.3) is 5.91 Å². The average Bonchev–Trinajstić information content (AvgIpc) is 3.24. The van der Waals surface area contributed by atoms with Crippen LogP contribution in [0.1, 0.15) is 21.4 Å². The van der Waals surface area contributed by atoms with Crippen molar-refractivity contribution in [1.82, 2.24) is 20.2 Å². The van der Waals surface area contributed by atoms with E-state index < -0.39 is 5.91 Å². The van der Waals surface area contributed by atoms with Crippen molar-refractivity contribution in [2.24, 2.45) is 0 Å². The van der Waals surface area contributed by atoms with Crippen LogP contribution in [0, 0.1) is 6.92 Å². The van der Waals surface area contributed by atoms with Gasteiger partial charge in [-0.2, -0.15) is 0 Å². The molecule has 0 fully saturated rings. The third-order valence-electron chi connectivity index (χ3n) is 3.61. The third kappa shape index (κ3) is 3.99. The molecule has 2 heterocycles. The Morgan fingerprint density at radius 2 is 2.15 bits per heavy atom. The molecule has 0 atom stereocenters. The lowest BCUT2D eigenvalue weighted by Crippen LogP contribution is -2.37. The molecule has 0 aliphatic rings. The molecule has 0 saturated carbocycles. The lowest BCUT2D eigenvalue weighted by molar-refractivity contribution is -0.121. The summed E-state index contributed by atoms with van der Waals surface area (Å²) < 4.78 is 12.0. The Morgan fingerprint density at radius 3 is 2.92 bits per heavy atom. The number of amides is 2. The SMILES string of the molecule is CNC(=O)CN(C)C(=O)c1coc(COc2ccc3sc(C)nc3c2)n1. The number of thiazole rings is 1. The molecule has 0 aliphatic carbocycles. The molecular formula is C17H18N4O4S. The molecule has 9 heteroatoms. The zero-order chi connectivity index (χ0) is 18.7. The summed E-state index contributed by atoms with van der Waals surface area (Å²) in [6, 6.07) is 5.66. The second-order valence-electron chi connectivity index (χ2n) is 5.61. The normalized spacial score (nSPS) is 10.7. The van der Waals surface area contributed by atoms with Gasteiger partial charge in [0.05, 0.1) is 21.8 Å². The predicted molar refractivity (Wildman–Crippen MR) is 96.2 cm³/mol. The number of hydrogen-bond acceptors (Lipinski definition) is 7. The van der Waals surface area contributed by atoms with Crippen LogP contribution in [0.3, 0.4) is 0 Å². The van der Waals surface area contributed by atoms with Gasteiger partial charge in [-0.25, -0.2) is 9.97 Å². The topological polar surface area (TPSA) is 97.6 Å². The number of ether oxygens (including phenoxy) is 1. The van der Waals surface area contributed by atoms with E-state index in [0.29, 0.717) is 5.75 Å². The predicted octanol–water partition coefficient (Wildman–Crippen LogP) is 1.99. The molecule has 0 bridgehead atoms. The van der Waals surface area contributed by atoms with Crippen molar-refractivity contribution >= 4 is 33.4 Å². The molecule has 0 spiro atoms. The number of benzene rings is 1. The lowest BCUT2D eigenvalue weighted by Gasteiger charge is -2.13. The maximum atomic E-state index is 12.2. The molecule has 0 unspecified atom stereocenters. The van der Waals surface area contributed by atoms with Crippen LogP contribution >= 0.6 is 11.3 Å². The van der Waals surface area contributed by atoms with Crippen LogP contribution in [-0.4, -0.2) is 47.3 Å². The molecule has 2 aromatic heterocycles. The summed E-state index contributed by atoms with van der Waals surface area (Å²) >= 11 is 1.62. The highest BCUT2D eigenvalue weighted by molar-refractivity contribution is 7.18. The van der Waals surface area contributed by atoms with E-state index >= 15 is 0 Å². The fraction of sp³-hybridized carbons (Fsp3) is 0.294. The molecule has 1 N–H and O–H groups in total. The van der Waals surface area contributed by atoms with Crippen molar-refractivity contribution < 1.29 is 18.7 Å². The van der Waals surface area contributed by atoms with Crippen molar-refractivity contribution in [1.29, 1.82) is 0 Å². The van der Waals surface area contributed by atoms with Gasteiger partial charge in [-0.05, 0) is 19.1 Å². The first-order valence-corrected chi connectivity index (χ1v) is 8.68. The number of nitrogens with zero attached hydrogens (tertiary/aromatic N) is 3. The van der Waals surface area contributed by atoms with Gasteiger partial charge in [0.15, 0.2) is 12.3 Å². The van der Waals surface area contributed by atoms with E-state index in [1.54, 1.807) is 11.3 Å². The molecule has 2 amide bonds. The Morgan fingerprint density at radius 1 is 1.35 bits per heavy atom. The van der Waals surface area contributed by atoms with E-state index in [1.165, 1.54) is 25.3 Å². The van der Waals surface area contributed by atoms with Gasteiger partial charge in [0, 0.05) is 20.2 Å². The maximum Gasteiger partial charge on any atom is 0.276 e. The number of rotatable bonds is 6. The van der Waals surface area contributed by atoms with Gasteiger partial charge in [-0.15, -0.1) is 11.3 Å². The number of carbonyl (C=O) groups is 2. The molecule has 0 aliphatic heterocycles. The smallest absolute Gasteiger partial charge is 0.276 e. The molecule has 0 radical (unpaired) electrons. The number of aromatic nitrogens is 2. The first-order valence-electron chi connectivity index (χ1n) is 7.86. The first kappa shape index (κ1) is 17.9. The zero-order valence-corrected chi connectivity index (χ0v) is 15.4. The number of fused-ring (bicyclic) bond motifs is 1. The number of hydrogen-bond donors (Lipinski definition) is 1. The van der Waals surface area contributed by atoms with Crippen LogP contribution in [-0.2, 0) is 11.4 Å². The largest absolute Gasteiger partial charge is 0.484 e. The van der Waals surface area contributed by atoms with E-state index in [4.69, 9.17) is 9.15 Å². The second kappa shape index (κ2) is 7.52. The summed E-state index contributed by atoms with van der Waals surface area (Å²) in [6.45, 7) is 1.99. The van der Waals surface area contributed by atoms with Crippen molar-refractivity contribution in [3.05, 3.63) is 41.1 Å². The zero-order valence-electron chi connectivity index (χ0n) is 14.6. The second-order valence-corrected chi connectivity index (χ2v) is 6.85. The summed E-state index contributed by atoms with van der Waals surface area (Å²) in [5, 5.41) is 3.45. The Kier molecular flexibility index (Phi) is 5.17. The first-order chi connectivity index (χ1) is 12.5. The minimum atomic E-state index is -0.400. The number of nitrogens with one attached hydrogen (secondary N) is 1. The summed E-state index contributed by atoms with van der Waals surface area (Å²) in [6.07, 6.45) is 1.26. The average molecular weight is 374 g/mol. The van der Waals surface area contributed by atoms with Gasteiger partial charge in [0.1, 0.15) is 12.0 Å². The van der Waals surface area contributed by atoms with Crippen molar-refractivity contribution in [2.75, 3.05) is 20.6 Å². The Balaban J connectivity index is 1.62. The molecule has 3 aromatic rings. The summed E-state index contributed by atoms with van der Waals surface area (Å²) in [4.78, 5) is 33.4. The number of carbonyl (C=O) groups excluding carboxylic acids is 2. The van der Waals surface area contributed by atoms with Gasteiger partial charge in [-0.1, -0.05) is 0 Å². The molecule has 8 nitrogen and oxygen atoms in total. The van der Waals surface area contributed by atoms with Crippen molar-refractivity contribution in [3.63, 3.8) is 0 Å². The van der Waals surface area contributed by atoms with Gasteiger partial charge >= 0.3 is 0 Å². The van der Waals surface area contributed by atoms with E-state index in [9.17, 15) is 9.59 Å². The Labute approximate surface area is 153 Å². The summed E-state index contributed by atoms with van der Waals surface area (Å²) in [5.74, 6) is 0.255. The summed E-state index contributed by atoms with van der Waals surface area (Å²) in [7, 11) is 3.03. The molecule has 136 valence electrons. The number of oxazole rings is 1. The van der Waals surface area contributed by atoms with Crippen molar-refractivity contribution in [3.8, 4) is 5.75 Å². The van der Waals surface area contributed by atoms with Crippen molar-refractivity contribution in [2.45, 2.75) is 13.5 Å². The standard InChI is InChI=1S/C17H18N4O4S/c1-10-19-12-6-11(4-5-14(12)26-10)24-9-16-20-13(8-25-16)17(23)21(3)7-15(22)18-2/h4-6,8H,7,9H2,1-3H3,(H,18,22). The quantitative estimate of drug-likeness (QED) is 0.709. The van der Waals surface area contributed by atoms with Crippen LogP contribution in [0.25, 0.3) is 10.2 Å². The summed E-state index contributed by atoms with van der Waals surface area (Å²) in [5.41, 5.74) is 1.00. The van der Waals surface area contributed by atoms with Gasteiger partial charge in [0.2, 0.25) is 11.8 Å². The van der Waals surface area contributed by atoms with Crippen LogP contribution in [0.15, 0.2) is 28.9 Å². The molecule has 0 saturated heterocycles. The monoisotopic (exact) mass is 374 g/mol. The highest BCUT2D eigenvalue weighted by Gasteiger charge is 2.18. The van der Waals surface area contributed by atoms with Gasteiger partial charge in [-0.3, -0.25) is 9.59 Å². The van der Waals surface area contributed by atoms with Crippen LogP contribution in [0.2, 0.25) is 0 Å². The molecule has 1 aromatic carbocycles. The fourth-order valence-electron chi connectivity index (χ4n) is 2.29. The minimum Gasteiger partial charge on any atom is -0.484 e. The fourth-order valence-corrected chi connectivity index (χ4v) is 3.10. The number of likely N-dealkylation sites (N-methyl/N-ethyl adjacent to an activating group) is 2.